The van der Waals surface area contributed by atoms with Crippen molar-refractivity contribution < 1.29 is 13.5 Å². The van der Waals surface area contributed by atoms with Crippen LogP contribution in [0.2, 0.25) is 0 Å². The topological polar surface area (TPSA) is 21.3 Å². The van der Waals surface area contributed by atoms with E-state index in [0.29, 0.717) is 12.3 Å². The maximum Gasteiger partial charge on any atom is 0.147 e. The molecule has 0 radical (unpaired) electrons. The Bertz CT molecular complexity index is 607. The molecule has 1 heterocycles. The second kappa shape index (κ2) is 4.53. The number of anilines is 1. The van der Waals surface area contributed by atoms with E-state index in [1.807, 2.05) is 25.1 Å². The number of ether oxygens (including phenoxy) is 1. The minimum absolute atomic E-state index is 0.0258. The minimum Gasteiger partial charge on any atom is -0.481 e. The van der Waals surface area contributed by atoms with Crippen LogP contribution in [0.25, 0.3) is 0 Å². The number of aryl methyl sites for hydroxylation is 1. The molecule has 98 valence electrons. The van der Waals surface area contributed by atoms with E-state index in [9.17, 15) is 8.78 Å². The molecule has 0 aliphatic carbocycles. The van der Waals surface area contributed by atoms with Crippen molar-refractivity contribution in [3.05, 3.63) is 59.2 Å². The number of hydrogen-bond acceptors (Lipinski definition) is 2. The average Bonchev–Trinajstić information content (AvgIpc) is 2.38. The van der Waals surface area contributed by atoms with Crippen LogP contribution in [0.1, 0.15) is 17.2 Å². The number of benzene rings is 2. The lowest BCUT2D eigenvalue weighted by Crippen LogP contribution is -2.25. The van der Waals surface area contributed by atoms with Crippen LogP contribution in [0.15, 0.2) is 36.4 Å². The molecule has 1 N–H and O–H groups in total. The summed E-state index contributed by atoms with van der Waals surface area (Å²) in [5.41, 5.74) is 1.86. The highest BCUT2D eigenvalue weighted by Crippen LogP contribution is 2.36. The van der Waals surface area contributed by atoms with E-state index in [1.165, 1.54) is 18.2 Å². The van der Waals surface area contributed by atoms with Gasteiger partial charge in [-0.05, 0) is 36.8 Å². The molecule has 0 amide bonds. The van der Waals surface area contributed by atoms with Gasteiger partial charge in [-0.15, -0.1) is 0 Å². The van der Waals surface area contributed by atoms with Gasteiger partial charge in [-0.2, -0.15) is 0 Å². The maximum atomic E-state index is 13.7. The zero-order valence-electron chi connectivity index (χ0n) is 10.4. The van der Waals surface area contributed by atoms with Crippen molar-refractivity contribution in [1.82, 2.24) is 0 Å². The molecule has 1 atom stereocenters. The first-order chi connectivity index (χ1) is 9.15. The normalized spacial score (nSPS) is 17.3. The Balaban J connectivity index is 1.97. The summed E-state index contributed by atoms with van der Waals surface area (Å²) in [5.74, 6) is -0.537. The van der Waals surface area contributed by atoms with Crippen molar-refractivity contribution in [2.45, 2.75) is 13.0 Å². The molecule has 2 nitrogen and oxygen atoms in total. The second-order valence-corrected chi connectivity index (χ2v) is 4.62. The Morgan fingerprint density at radius 2 is 1.89 bits per heavy atom. The second-order valence-electron chi connectivity index (χ2n) is 4.62. The third kappa shape index (κ3) is 2.14. The van der Waals surface area contributed by atoms with Gasteiger partial charge in [0.05, 0.1) is 17.8 Å². The van der Waals surface area contributed by atoms with E-state index in [0.717, 1.165) is 11.3 Å². The monoisotopic (exact) mass is 261 g/mol. The smallest absolute Gasteiger partial charge is 0.147 e. The predicted molar refractivity (Wildman–Crippen MR) is 69.4 cm³/mol. The number of fused-ring (bicyclic) bond motifs is 1. The van der Waals surface area contributed by atoms with Crippen molar-refractivity contribution in [2.24, 2.45) is 0 Å². The van der Waals surface area contributed by atoms with Gasteiger partial charge in [-0.3, -0.25) is 0 Å². The fourth-order valence-corrected chi connectivity index (χ4v) is 2.25. The van der Waals surface area contributed by atoms with Crippen LogP contribution in [0.4, 0.5) is 14.5 Å². The summed E-state index contributed by atoms with van der Waals surface area (Å²) in [6, 6.07) is 9.55. The van der Waals surface area contributed by atoms with Gasteiger partial charge >= 0.3 is 0 Å². The molecule has 0 saturated carbocycles. The Labute approximate surface area is 110 Å². The van der Waals surface area contributed by atoms with Gasteiger partial charge in [0.15, 0.2) is 0 Å². The summed E-state index contributed by atoms with van der Waals surface area (Å²) < 4.78 is 33.2. The molecule has 0 bridgehead atoms. The molecule has 1 aliphatic rings. The summed E-state index contributed by atoms with van der Waals surface area (Å²) >= 11 is 0. The Hall–Kier alpha value is -2.10. The largest absolute Gasteiger partial charge is 0.481 e. The van der Waals surface area contributed by atoms with Gasteiger partial charge in [0.25, 0.3) is 0 Å². The lowest BCUT2D eigenvalue weighted by molar-refractivity contribution is 0.199. The van der Waals surface area contributed by atoms with E-state index in [2.05, 4.69) is 5.32 Å². The zero-order valence-corrected chi connectivity index (χ0v) is 10.4. The van der Waals surface area contributed by atoms with Crippen LogP contribution in [0, 0.1) is 18.6 Å². The fraction of sp³-hybridized carbons (Fsp3) is 0.200. The van der Waals surface area contributed by atoms with Crippen LogP contribution >= 0.6 is 0 Å². The molecule has 19 heavy (non-hydrogen) atoms. The third-order valence-electron chi connectivity index (χ3n) is 3.21. The molecule has 1 unspecified atom stereocenters. The molecule has 1 aliphatic heterocycles. The number of rotatable bonds is 1. The molecular formula is C15H13F2NO. The van der Waals surface area contributed by atoms with Crippen LogP contribution in [-0.4, -0.2) is 6.54 Å². The summed E-state index contributed by atoms with van der Waals surface area (Å²) in [7, 11) is 0. The van der Waals surface area contributed by atoms with E-state index in [1.54, 1.807) is 0 Å². The van der Waals surface area contributed by atoms with Crippen molar-refractivity contribution in [3.63, 3.8) is 0 Å². The highest BCUT2D eigenvalue weighted by molar-refractivity contribution is 5.59. The van der Waals surface area contributed by atoms with Crippen LogP contribution in [-0.2, 0) is 0 Å². The van der Waals surface area contributed by atoms with E-state index in [-0.39, 0.29) is 5.56 Å². The molecule has 0 spiro atoms. The summed E-state index contributed by atoms with van der Waals surface area (Å²) in [6.45, 7) is 2.28. The molecule has 4 heteroatoms. The molecule has 3 rings (SSSR count). The fourth-order valence-electron chi connectivity index (χ4n) is 2.25. The van der Waals surface area contributed by atoms with Crippen molar-refractivity contribution in [3.8, 4) is 5.75 Å². The lowest BCUT2D eigenvalue weighted by atomic mass is 10.1. The van der Waals surface area contributed by atoms with Crippen molar-refractivity contribution >= 4 is 5.69 Å². The Morgan fingerprint density at radius 1 is 1.16 bits per heavy atom. The maximum absolute atomic E-state index is 13.7. The Kier molecular flexibility index (Phi) is 2.85. The molecule has 0 saturated heterocycles. The first-order valence-electron chi connectivity index (χ1n) is 6.10. The summed E-state index contributed by atoms with van der Waals surface area (Å²) in [5, 5.41) is 3.13. The standard InChI is InChI=1S/C15H13F2NO/c1-9-5-6-12-13(7-9)19-14(8-18-12)15-10(16)3-2-4-11(15)17/h2-7,14,18H,8H2,1H3. The Morgan fingerprint density at radius 3 is 2.63 bits per heavy atom. The number of nitrogens with one attached hydrogen (secondary N) is 1. The van der Waals surface area contributed by atoms with E-state index < -0.39 is 17.7 Å². The first-order valence-corrected chi connectivity index (χ1v) is 6.10. The first kappa shape index (κ1) is 12.0. The van der Waals surface area contributed by atoms with Gasteiger partial charge < -0.3 is 10.1 Å². The van der Waals surface area contributed by atoms with E-state index in [4.69, 9.17) is 4.74 Å². The molecule has 0 fully saturated rings. The van der Waals surface area contributed by atoms with Crippen molar-refractivity contribution in [2.75, 3.05) is 11.9 Å². The highest BCUT2D eigenvalue weighted by Gasteiger charge is 2.26. The number of hydrogen-bond donors (Lipinski definition) is 1. The van der Waals surface area contributed by atoms with Crippen LogP contribution in [0.5, 0.6) is 5.75 Å². The van der Waals surface area contributed by atoms with Gasteiger partial charge in [0, 0.05) is 0 Å². The van der Waals surface area contributed by atoms with Gasteiger partial charge in [0.2, 0.25) is 0 Å². The third-order valence-corrected chi connectivity index (χ3v) is 3.21. The number of halogens is 2. The average molecular weight is 261 g/mol. The highest BCUT2D eigenvalue weighted by atomic mass is 19.1. The predicted octanol–water partition coefficient (Wildman–Crippen LogP) is 3.82. The van der Waals surface area contributed by atoms with Gasteiger partial charge in [0.1, 0.15) is 23.5 Å². The SMILES string of the molecule is Cc1ccc2c(c1)OC(c1c(F)cccc1F)CN2. The van der Waals surface area contributed by atoms with Crippen LogP contribution in [0.3, 0.4) is 0 Å². The summed E-state index contributed by atoms with van der Waals surface area (Å²) in [4.78, 5) is 0. The summed E-state index contributed by atoms with van der Waals surface area (Å²) in [6.07, 6.45) is -0.657. The van der Waals surface area contributed by atoms with Crippen molar-refractivity contribution in [1.29, 1.82) is 0 Å². The lowest BCUT2D eigenvalue weighted by Gasteiger charge is -2.28. The van der Waals surface area contributed by atoms with Gasteiger partial charge in [-0.1, -0.05) is 12.1 Å². The zero-order chi connectivity index (χ0) is 13.4. The van der Waals surface area contributed by atoms with Crippen LogP contribution < -0.4 is 10.1 Å². The molecule has 0 aromatic heterocycles. The quantitative estimate of drug-likeness (QED) is 0.842. The molecule has 2 aromatic rings. The minimum atomic E-state index is -0.657. The van der Waals surface area contributed by atoms with E-state index >= 15 is 0 Å². The van der Waals surface area contributed by atoms with Gasteiger partial charge in [-0.25, -0.2) is 8.78 Å². The molecule has 2 aromatic carbocycles. The molecular weight excluding hydrogens is 248 g/mol.